The number of ether oxygens (including phenoxy) is 1. The Morgan fingerprint density at radius 2 is 1.64 bits per heavy atom. The molecule has 1 N–H and O–H groups in total. The summed E-state index contributed by atoms with van der Waals surface area (Å²) in [4.78, 5) is 13.9. The number of amides is 1. The molecule has 0 atom stereocenters. The first-order chi connectivity index (χ1) is 10.3. The van der Waals surface area contributed by atoms with E-state index in [2.05, 4.69) is 12.2 Å². The summed E-state index contributed by atoms with van der Waals surface area (Å²) in [5.74, 6) is 0. The van der Waals surface area contributed by atoms with E-state index in [1.807, 2.05) is 34.6 Å². The Labute approximate surface area is 138 Å². The van der Waals surface area contributed by atoms with Crippen molar-refractivity contribution < 1.29 is 9.53 Å². The largest absolute Gasteiger partial charge is 0.444 e. The second-order valence-electron chi connectivity index (χ2n) is 7.29. The highest BCUT2D eigenvalue weighted by Gasteiger charge is 2.23. The summed E-state index contributed by atoms with van der Waals surface area (Å²) >= 11 is 0. The van der Waals surface area contributed by atoms with Crippen molar-refractivity contribution in [2.24, 2.45) is 0 Å². The average molecular weight is 315 g/mol. The van der Waals surface area contributed by atoms with Gasteiger partial charge in [0, 0.05) is 19.1 Å². The molecule has 0 aromatic rings. The van der Waals surface area contributed by atoms with Crippen molar-refractivity contribution >= 4 is 6.09 Å². The lowest BCUT2D eigenvalue weighted by atomic mass is 10.1. The molecule has 1 amide bonds. The Kier molecular flexibility index (Phi) is 11.3. The molecule has 0 radical (unpaired) electrons. The fraction of sp³-hybridized carbons (Fsp3) is 0.944. The number of unbranched alkanes of at least 4 members (excludes halogenated alkanes) is 5. The lowest BCUT2D eigenvalue weighted by Gasteiger charge is -2.30. The minimum atomic E-state index is -0.434. The molecule has 0 aliphatic heterocycles. The van der Waals surface area contributed by atoms with E-state index in [1.165, 1.54) is 38.5 Å². The molecule has 0 fully saturated rings. The van der Waals surface area contributed by atoms with Gasteiger partial charge in [-0.25, -0.2) is 4.79 Å². The topological polar surface area (TPSA) is 41.6 Å². The van der Waals surface area contributed by atoms with Crippen LogP contribution in [-0.2, 0) is 4.74 Å². The molecule has 0 saturated heterocycles. The van der Waals surface area contributed by atoms with Crippen molar-refractivity contribution in [1.29, 1.82) is 0 Å². The summed E-state index contributed by atoms with van der Waals surface area (Å²) in [6.45, 7) is 14.6. The normalized spacial score (nSPS) is 11.8. The zero-order valence-electron chi connectivity index (χ0n) is 15.7. The Morgan fingerprint density at radius 1 is 1.05 bits per heavy atom. The number of carbonyl (C=O) groups excluding carboxylic acids is 1. The van der Waals surface area contributed by atoms with Crippen LogP contribution < -0.4 is 5.32 Å². The summed E-state index contributed by atoms with van der Waals surface area (Å²) in [6, 6.07) is 0.158. The average Bonchev–Trinajstić information content (AvgIpc) is 2.38. The lowest BCUT2D eigenvalue weighted by molar-refractivity contribution is 0.0194. The zero-order chi connectivity index (χ0) is 17.0. The lowest BCUT2D eigenvalue weighted by Crippen LogP contribution is -2.44. The molecule has 0 saturated carbocycles. The first-order valence-electron chi connectivity index (χ1n) is 8.98. The Bertz CT molecular complexity index is 285. The molecule has 0 aliphatic carbocycles. The van der Waals surface area contributed by atoms with Crippen molar-refractivity contribution in [3.63, 3.8) is 0 Å². The minimum Gasteiger partial charge on any atom is -0.444 e. The van der Waals surface area contributed by atoms with E-state index < -0.39 is 5.60 Å². The standard InChI is InChI=1S/C18H38N2O2/c1-7-8-9-10-11-12-13-19-14-15-20(16(2)3)17(21)22-18(4,5)6/h16,19H,7-15H2,1-6H3. The molecule has 4 heteroatoms. The predicted octanol–water partition coefficient (Wildman–Crippen LogP) is 4.58. The van der Waals surface area contributed by atoms with Crippen LogP contribution in [0.2, 0.25) is 0 Å². The predicted molar refractivity (Wildman–Crippen MR) is 94.3 cm³/mol. The SMILES string of the molecule is CCCCCCCCNCCN(C(=O)OC(C)(C)C)C(C)C. The number of carbonyl (C=O) groups is 1. The number of hydrogen-bond donors (Lipinski definition) is 1. The molecular formula is C18H38N2O2. The molecule has 4 nitrogen and oxygen atoms in total. The van der Waals surface area contributed by atoms with Crippen LogP contribution in [0.4, 0.5) is 4.79 Å². The van der Waals surface area contributed by atoms with Gasteiger partial charge >= 0.3 is 6.09 Å². The van der Waals surface area contributed by atoms with Gasteiger partial charge in [-0.1, -0.05) is 39.0 Å². The van der Waals surface area contributed by atoms with Crippen LogP contribution in [-0.4, -0.2) is 42.3 Å². The summed E-state index contributed by atoms with van der Waals surface area (Å²) in [6.07, 6.45) is 7.65. The number of nitrogens with zero attached hydrogens (tertiary/aromatic N) is 1. The highest BCUT2D eigenvalue weighted by atomic mass is 16.6. The van der Waals surface area contributed by atoms with E-state index in [0.717, 1.165) is 13.1 Å². The van der Waals surface area contributed by atoms with Crippen LogP contribution in [0.25, 0.3) is 0 Å². The molecular weight excluding hydrogens is 276 g/mol. The van der Waals surface area contributed by atoms with Crippen LogP contribution in [0.5, 0.6) is 0 Å². The Hall–Kier alpha value is -0.770. The van der Waals surface area contributed by atoms with Crippen LogP contribution in [0.1, 0.15) is 80.1 Å². The maximum absolute atomic E-state index is 12.1. The van der Waals surface area contributed by atoms with Crippen LogP contribution in [0.3, 0.4) is 0 Å². The third-order valence-electron chi connectivity index (χ3n) is 3.49. The van der Waals surface area contributed by atoms with E-state index in [1.54, 1.807) is 4.90 Å². The maximum Gasteiger partial charge on any atom is 0.410 e. The van der Waals surface area contributed by atoms with Gasteiger partial charge in [0.2, 0.25) is 0 Å². The smallest absolute Gasteiger partial charge is 0.410 e. The van der Waals surface area contributed by atoms with Gasteiger partial charge < -0.3 is 15.0 Å². The van der Waals surface area contributed by atoms with Gasteiger partial charge in [0.05, 0.1) is 0 Å². The second-order valence-corrected chi connectivity index (χ2v) is 7.29. The highest BCUT2D eigenvalue weighted by molar-refractivity contribution is 5.68. The highest BCUT2D eigenvalue weighted by Crippen LogP contribution is 2.11. The zero-order valence-corrected chi connectivity index (χ0v) is 15.7. The number of rotatable bonds is 11. The first-order valence-corrected chi connectivity index (χ1v) is 8.98. The van der Waals surface area contributed by atoms with Crippen molar-refractivity contribution in [3.8, 4) is 0 Å². The van der Waals surface area contributed by atoms with Crippen molar-refractivity contribution in [2.45, 2.75) is 91.7 Å². The molecule has 132 valence electrons. The second kappa shape index (κ2) is 11.8. The quantitative estimate of drug-likeness (QED) is 0.567. The minimum absolute atomic E-state index is 0.158. The van der Waals surface area contributed by atoms with Crippen molar-refractivity contribution in [2.75, 3.05) is 19.6 Å². The summed E-state index contributed by atoms with van der Waals surface area (Å²) < 4.78 is 5.45. The van der Waals surface area contributed by atoms with E-state index in [4.69, 9.17) is 4.74 Å². The molecule has 22 heavy (non-hydrogen) atoms. The molecule has 0 aliphatic rings. The molecule has 0 aromatic carbocycles. The van der Waals surface area contributed by atoms with E-state index in [9.17, 15) is 4.79 Å². The van der Waals surface area contributed by atoms with Crippen molar-refractivity contribution in [1.82, 2.24) is 10.2 Å². The molecule has 0 aromatic heterocycles. The fourth-order valence-electron chi connectivity index (χ4n) is 2.24. The third kappa shape index (κ3) is 11.8. The Morgan fingerprint density at radius 3 is 2.18 bits per heavy atom. The summed E-state index contributed by atoms with van der Waals surface area (Å²) in [5, 5.41) is 3.43. The van der Waals surface area contributed by atoms with Gasteiger partial charge in [0.15, 0.2) is 0 Å². The van der Waals surface area contributed by atoms with Gasteiger partial charge in [-0.05, 0) is 47.6 Å². The molecule has 0 rings (SSSR count). The van der Waals surface area contributed by atoms with Gasteiger partial charge in [0.1, 0.15) is 5.60 Å². The summed E-state index contributed by atoms with van der Waals surface area (Å²) in [5.41, 5.74) is -0.434. The van der Waals surface area contributed by atoms with E-state index >= 15 is 0 Å². The number of hydrogen-bond acceptors (Lipinski definition) is 3. The molecule has 0 bridgehead atoms. The third-order valence-corrected chi connectivity index (χ3v) is 3.49. The monoisotopic (exact) mass is 314 g/mol. The van der Waals surface area contributed by atoms with Gasteiger partial charge in [-0.2, -0.15) is 0 Å². The van der Waals surface area contributed by atoms with Gasteiger partial charge in [-0.3, -0.25) is 0 Å². The van der Waals surface area contributed by atoms with E-state index in [0.29, 0.717) is 6.54 Å². The van der Waals surface area contributed by atoms with Crippen molar-refractivity contribution in [3.05, 3.63) is 0 Å². The molecule has 0 unspecified atom stereocenters. The Balaban J connectivity index is 3.81. The maximum atomic E-state index is 12.1. The summed E-state index contributed by atoms with van der Waals surface area (Å²) in [7, 11) is 0. The van der Waals surface area contributed by atoms with Crippen LogP contribution >= 0.6 is 0 Å². The first kappa shape index (κ1) is 21.2. The van der Waals surface area contributed by atoms with Crippen LogP contribution in [0.15, 0.2) is 0 Å². The van der Waals surface area contributed by atoms with Crippen LogP contribution in [0, 0.1) is 0 Å². The number of nitrogens with one attached hydrogen (secondary N) is 1. The molecule has 0 heterocycles. The van der Waals surface area contributed by atoms with Gasteiger partial charge in [-0.15, -0.1) is 0 Å². The fourth-order valence-corrected chi connectivity index (χ4v) is 2.24. The molecule has 0 spiro atoms. The van der Waals surface area contributed by atoms with E-state index in [-0.39, 0.29) is 12.1 Å². The van der Waals surface area contributed by atoms with Gasteiger partial charge in [0.25, 0.3) is 0 Å².